The molecule has 0 N–H and O–H groups in total. The van der Waals surface area contributed by atoms with Gasteiger partial charge in [-0.3, -0.25) is 4.79 Å². The lowest BCUT2D eigenvalue weighted by molar-refractivity contribution is -0.136. The molecule has 2 saturated heterocycles. The monoisotopic (exact) mass is 343 g/mol. The molecule has 0 aromatic carbocycles. The van der Waals surface area contributed by atoms with Gasteiger partial charge in [0.25, 0.3) is 0 Å². The predicted molar refractivity (Wildman–Crippen MR) is 85.7 cm³/mol. The van der Waals surface area contributed by atoms with Crippen molar-refractivity contribution in [3.63, 3.8) is 0 Å². The molecule has 1 atom stereocenters. The van der Waals surface area contributed by atoms with Crippen LogP contribution in [-0.4, -0.2) is 73.3 Å². The second-order valence-electron chi connectivity index (χ2n) is 6.15. The Labute approximate surface area is 135 Å². The van der Waals surface area contributed by atoms with Gasteiger partial charge in [0.2, 0.25) is 5.91 Å². The highest BCUT2D eigenvalue weighted by molar-refractivity contribution is 7.91. The number of carbonyl (C=O) groups is 1. The Kier molecular flexibility index (Phi) is 4.52. The zero-order valence-corrected chi connectivity index (χ0v) is 14.3. The Morgan fingerprint density at radius 2 is 2.27 bits per heavy atom. The third kappa shape index (κ3) is 3.49. The molecule has 0 saturated carbocycles. The summed E-state index contributed by atoms with van der Waals surface area (Å²) in [5, 5.41) is 3.07. The average molecular weight is 343 g/mol. The van der Waals surface area contributed by atoms with Crippen LogP contribution < -0.4 is 0 Å². The first-order valence-corrected chi connectivity index (χ1v) is 10.2. The molecule has 0 radical (unpaired) electrons. The zero-order chi connectivity index (χ0) is 15.7. The predicted octanol–water partition coefficient (Wildman–Crippen LogP) is 0.578. The van der Waals surface area contributed by atoms with Crippen molar-refractivity contribution in [3.05, 3.63) is 16.6 Å². The SMILES string of the molecule is CN(CCC(=O)N1CC(c2nccs2)C1)C1CCS(=O)(=O)C1. The Bertz CT molecular complexity index is 624. The molecule has 1 aromatic heterocycles. The molecule has 3 rings (SSSR count). The summed E-state index contributed by atoms with van der Waals surface area (Å²) in [6.45, 7) is 2.14. The normalized spacial score (nSPS) is 24.6. The first-order valence-electron chi connectivity index (χ1n) is 7.52. The standard InChI is InChI=1S/C14H21N3O3S2/c1-16(12-3-7-22(19,20)10-12)5-2-13(18)17-8-11(9-17)14-15-4-6-21-14/h4,6,11-12H,2-3,5,7-10H2,1H3. The highest BCUT2D eigenvalue weighted by Gasteiger charge is 2.34. The fourth-order valence-corrected chi connectivity index (χ4v) is 5.54. The maximum atomic E-state index is 12.2. The molecule has 6 nitrogen and oxygen atoms in total. The molecule has 8 heteroatoms. The molecular formula is C14H21N3O3S2. The van der Waals surface area contributed by atoms with E-state index in [1.54, 1.807) is 17.5 Å². The third-order valence-electron chi connectivity index (χ3n) is 4.55. The Morgan fingerprint density at radius 1 is 1.50 bits per heavy atom. The molecule has 0 spiro atoms. The van der Waals surface area contributed by atoms with E-state index in [2.05, 4.69) is 4.98 Å². The van der Waals surface area contributed by atoms with Gasteiger partial charge < -0.3 is 9.80 Å². The van der Waals surface area contributed by atoms with E-state index in [4.69, 9.17) is 0 Å². The van der Waals surface area contributed by atoms with Crippen LogP contribution >= 0.6 is 11.3 Å². The van der Waals surface area contributed by atoms with Gasteiger partial charge in [0.1, 0.15) is 0 Å². The van der Waals surface area contributed by atoms with Gasteiger partial charge in [-0.05, 0) is 13.5 Å². The van der Waals surface area contributed by atoms with Crippen LogP contribution in [0.15, 0.2) is 11.6 Å². The van der Waals surface area contributed by atoms with E-state index in [1.807, 2.05) is 22.2 Å². The van der Waals surface area contributed by atoms with E-state index in [-0.39, 0.29) is 23.5 Å². The number of amides is 1. The van der Waals surface area contributed by atoms with Crippen molar-refractivity contribution in [2.45, 2.75) is 24.8 Å². The highest BCUT2D eigenvalue weighted by atomic mass is 32.2. The number of rotatable bonds is 5. The number of likely N-dealkylation sites (tertiary alicyclic amines) is 1. The minimum Gasteiger partial charge on any atom is -0.341 e. The number of sulfone groups is 1. The van der Waals surface area contributed by atoms with Gasteiger partial charge in [-0.1, -0.05) is 0 Å². The molecule has 2 fully saturated rings. The molecular weight excluding hydrogens is 322 g/mol. The van der Waals surface area contributed by atoms with Crippen LogP contribution in [0, 0.1) is 0 Å². The number of hydrogen-bond acceptors (Lipinski definition) is 6. The summed E-state index contributed by atoms with van der Waals surface area (Å²) in [5.41, 5.74) is 0. The summed E-state index contributed by atoms with van der Waals surface area (Å²) < 4.78 is 23.0. The van der Waals surface area contributed by atoms with Crippen molar-refractivity contribution >= 4 is 27.1 Å². The lowest BCUT2D eigenvalue weighted by Gasteiger charge is -2.38. The van der Waals surface area contributed by atoms with E-state index >= 15 is 0 Å². The topological polar surface area (TPSA) is 70.6 Å². The van der Waals surface area contributed by atoms with Crippen molar-refractivity contribution in [1.29, 1.82) is 0 Å². The van der Waals surface area contributed by atoms with E-state index < -0.39 is 9.84 Å². The largest absolute Gasteiger partial charge is 0.341 e. The number of aromatic nitrogens is 1. The third-order valence-corrected chi connectivity index (χ3v) is 7.23. The van der Waals surface area contributed by atoms with Gasteiger partial charge in [-0.25, -0.2) is 13.4 Å². The van der Waals surface area contributed by atoms with E-state index in [9.17, 15) is 13.2 Å². The maximum absolute atomic E-state index is 12.2. The van der Waals surface area contributed by atoms with Crippen LogP contribution in [0.25, 0.3) is 0 Å². The van der Waals surface area contributed by atoms with E-state index in [0.29, 0.717) is 25.3 Å². The first-order chi connectivity index (χ1) is 10.4. The van der Waals surface area contributed by atoms with Crippen molar-refractivity contribution in [1.82, 2.24) is 14.8 Å². The van der Waals surface area contributed by atoms with Crippen molar-refractivity contribution in [2.75, 3.05) is 38.2 Å². The van der Waals surface area contributed by atoms with Crippen LogP contribution in [0.1, 0.15) is 23.8 Å². The second kappa shape index (κ2) is 6.25. The Morgan fingerprint density at radius 3 is 2.86 bits per heavy atom. The van der Waals surface area contributed by atoms with E-state index in [1.165, 1.54) is 0 Å². The maximum Gasteiger partial charge on any atom is 0.223 e. The number of carbonyl (C=O) groups excluding carboxylic acids is 1. The van der Waals surface area contributed by atoms with Crippen molar-refractivity contribution in [2.24, 2.45) is 0 Å². The number of nitrogens with zero attached hydrogens (tertiary/aromatic N) is 3. The van der Waals surface area contributed by atoms with Gasteiger partial charge in [0.05, 0.1) is 16.5 Å². The lowest BCUT2D eigenvalue weighted by Crippen LogP contribution is -2.49. The fraction of sp³-hybridized carbons (Fsp3) is 0.714. The van der Waals surface area contributed by atoms with Gasteiger partial charge in [0, 0.05) is 49.6 Å². The molecule has 2 aliphatic heterocycles. The summed E-state index contributed by atoms with van der Waals surface area (Å²) in [5.74, 6) is 1.05. The van der Waals surface area contributed by atoms with Gasteiger partial charge in [-0.15, -0.1) is 11.3 Å². The summed E-state index contributed by atoms with van der Waals surface area (Å²) in [6.07, 6.45) is 2.94. The van der Waals surface area contributed by atoms with Crippen LogP contribution in [0.5, 0.6) is 0 Å². The molecule has 3 heterocycles. The lowest BCUT2D eigenvalue weighted by atomic mass is 10.0. The summed E-state index contributed by atoms with van der Waals surface area (Å²) >= 11 is 1.64. The highest BCUT2D eigenvalue weighted by Crippen LogP contribution is 2.28. The molecule has 22 heavy (non-hydrogen) atoms. The van der Waals surface area contributed by atoms with E-state index in [0.717, 1.165) is 18.1 Å². The summed E-state index contributed by atoms with van der Waals surface area (Å²) in [4.78, 5) is 20.3. The zero-order valence-electron chi connectivity index (χ0n) is 12.6. The molecule has 1 amide bonds. The summed E-state index contributed by atoms with van der Waals surface area (Å²) in [6, 6.07) is 0.0669. The van der Waals surface area contributed by atoms with Crippen LogP contribution in [0.4, 0.5) is 0 Å². The second-order valence-corrected chi connectivity index (χ2v) is 9.31. The minimum atomic E-state index is -2.86. The average Bonchev–Trinajstić information content (AvgIpc) is 3.04. The molecule has 122 valence electrons. The molecule has 1 aromatic rings. The minimum absolute atomic E-state index is 0.0669. The number of thiazole rings is 1. The molecule has 1 unspecified atom stereocenters. The summed E-state index contributed by atoms with van der Waals surface area (Å²) in [7, 11) is -0.954. The van der Waals surface area contributed by atoms with Gasteiger partial charge in [0.15, 0.2) is 9.84 Å². The first kappa shape index (κ1) is 15.9. The fourth-order valence-electron chi connectivity index (χ4n) is 3.01. The quantitative estimate of drug-likeness (QED) is 0.782. The smallest absolute Gasteiger partial charge is 0.223 e. The Balaban J connectivity index is 1.40. The van der Waals surface area contributed by atoms with Crippen LogP contribution in [0.3, 0.4) is 0 Å². The Hall–Kier alpha value is -0.990. The molecule has 2 aliphatic rings. The van der Waals surface area contributed by atoms with Gasteiger partial charge in [-0.2, -0.15) is 0 Å². The van der Waals surface area contributed by atoms with Crippen molar-refractivity contribution < 1.29 is 13.2 Å². The van der Waals surface area contributed by atoms with Gasteiger partial charge >= 0.3 is 0 Å². The van der Waals surface area contributed by atoms with Crippen LogP contribution in [-0.2, 0) is 14.6 Å². The molecule has 0 aliphatic carbocycles. The van der Waals surface area contributed by atoms with Crippen molar-refractivity contribution in [3.8, 4) is 0 Å². The molecule has 0 bridgehead atoms. The number of hydrogen-bond donors (Lipinski definition) is 0. The van der Waals surface area contributed by atoms with Crippen LogP contribution in [0.2, 0.25) is 0 Å².